The quantitative estimate of drug-likeness (QED) is 0.779. The number of hydrogen-bond donors (Lipinski definition) is 1. The predicted octanol–water partition coefficient (Wildman–Crippen LogP) is 1.97. The molecule has 0 spiro atoms. The molecule has 0 radical (unpaired) electrons. The summed E-state index contributed by atoms with van der Waals surface area (Å²) in [5.74, 6) is 1.20. The first kappa shape index (κ1) is 12.3. The van der Waals surface area contributed by atoms with E-state index in [0.717, 1.165) is 25.7 Å². The summed E-state index contributed by atoms with van der Waals surface area (Å²) in [5.41, 5.74) is 0. The van der Waals surface area contributed by atoms with Gasteiger partial charge in [0.2, 0.25) is 0 Å². The number of hydrogen-bond acceptors (Lipinski definition) is 3. The topological polar surface area (TPSA) is 23.5 Å². The van der Waals surface area contributed by atoms with Crippen LogP contribution in [-0.4, -0.2) is 47.3 Å². The van der Waals surface area contributed by atoms with Crippen molar-refractivity contribution >= 4 is 11.8 Å². The number of thioether (sulfide) groups is 1. The van der Waals surface area contributed by atoms with E-state index in [1.807, 2.05) is 11.8 Å². The summed E-state index contributed by atoms with van der Waals surface area (Å²) in [4.78, 5) is 2.49. The van der Waals surface area contributed by atoms with E-state index in [4.69, 9.17) is 0 Å². The minimum absolute atomic E-state index is 0.0319. The van der Waals surface area contributed by atoms with Crippen molar-refractivity contribution in [2.75, 3.05) is 19.1 Å². The molecular formula is C11H23NOS. The van der Waals surface area contributed by atoms with Crippen LogP contribution in [0.5, 0.6) is 0 Å². The summed E-state index contributed by atoms with van der Waals surface area (Å²) < 4.78 is 0. The molecule has 1 unspecified atom stereocenters. The molecule has 2 nitrogen and oxygen atoms in total. The Balaban J connectivity index is 2.33. The SMILES string of the molecule is CSCC(C)N(C)C1CCC(O)CC1. The minimum Gasteiger partial charge on any atom is -0.393 e. The van der Waals surface area contributed by atoms with Crippen LogP contribution in [0.4, 0.5) is 0 Å². The molecule has 3 heteroatoms. The average Bonchev–Trinajstić information content (AvgIpc) is 2.18. The number of aliphatic hydroxyl groups excluding tert-OH is 1. The molecule has 1 saturated carbocycles. The van der Waals surface area contributed by atoms with Gasteiger partial charge in [-0.3, -0.25) is 4.90 Å². The highest BCUT2D eigenvalue weighted by Crippen LogP contribution is 2.24. The van der Waals surface area contributed by atoms with Crippen molar-refractivity contribution in [2.24, 2.45) is 0 Å². The molecule has 1 fully saturated rings. The van der Waals surface area contributed by atoms with Crippen molar-refractivity contribution in [1.29, 1.82) is 0 Å². The van der Waals surface area contributed by atoms with Crippen molar-refractivity contribution in [3.63, 3.8) is 0 Å². The zero-order chi connectivity index (χ0) is 10.6. The van der Waals surface area contributed by atoms with Crippen LogP contribution in [0.2, 0.25) is 0 Å². The molecule has 0 aromatic heterocycles. The van der Waals surface area contributed by atoms with Crippen LogP contribution < -0.4 is 0 Å². The third kappa shape index (κ3) is 3.44. The molecule has 1 N–H and O–H groups in total. The van der Waals surface area contributed by atoms with E-state index in [1.54, 1.807) is 0 Å². The van der Waals surface area contributed by atoms with Gasteiger partial charge in [0.05, 0.1) is 6.10 Å². The van der Waals surface area contributed by atoms with Crippen molar-refractivity contribution < 1.29 is 5.11 Å². The molecule has 0 bridgehead atoms. The Hall–Kier alpha value is 0.270. The minimum atomic E-state index is -0.0319. The van der Waals surface area contributed by atoms with Gasteiger partial charge in [-0.15, -0.1) is 0 Å². The molecule has 0 aromatic rings. The summed E-state index contributed by atoms with van der Waals surface area (Å²) in [5, 5.41) is 9.43. The maximum Gasteiger partial charge on any atom is 0.0541 e. The van der Waals surface area contributed by atoms with Gasteiger partial charge < -0.3 is 5.11 Å². The lowest BCUT2D eigenvalue weighted by molar-refractivity contribution is 0.0739. The Kier molecular flexibility index (Phi) is 5.28. The normalized spacial score (nSPS) is 30.6. The number of rotatable bonds is 4. The van der Waals surface area contributed by atoms with Gasteiger partial charge in [0.25, 0.3) is 0 Å². The predicted molar refractivity (Wildman–Crippen MR) is 63.9 cm³/mol. The van der Waals surface area contributed by atoms with Crippen LogP contribution in [0.15, 0.2) is 0 Å². The van der Waals surface area contributed by atoms with Crippen LogP contribution in [0.1, 0.15) is 32.6 Å². The van der Waals surface area contributed by atoms with E-state index in [-0.39, 0.29) is 6.10 Å². The largest absolute Gasteiger partial charge is 0.393 e. The van der Waals surface area contributed by atoms with Crippen LogP contribution >= 0.6 is 11.8 Å². The highest BCUT2D eigenvalue weighted by molar-refractivity contribution is 7.98. The Labute approximate surface area is 92.1 Å². The molecule has 1 atom stereocenters. The highest BCUT2D eigenvalue weighted by Gasteiger charge is 2.24. The van der Waals surface area contributed by atoms with Crippen LogP contribution in [0.3, 0.4) is 0 Å². The van der Waals surface area contributed by atoms with Crippen molar-refractivity contribution in [3.05, 3.63) is 0 Å². The first-order valence-electron chi connectivity index (χ1n) is 5.54. The Morgan fingerprint density at radius 2 is 1.93 bits per heavy atom. The van der Waals surface area contributed by atoms with Crippen molar-refractivity contribution in [3.8, 4) is 0 Å². The van der Waals surface area contributed by atoms with Gasteiger partial charge in [-0.25, -0.2) is 0 Å². The van der Waals surface area contributed by atoms with Crippen molar-refractivity contribution in [1.82, 2.24) is 4.90 Å². The van der Waals surface area contributed by atoms with E-state index < -0.39 is 0 Å². The summed E-state index contributed by atoms with van der Waals surface area (Å²) in [6.45, 7) is 2.29. The van der Waals surface area contributed by atoms with Gasteiger partial charge in [-0.2, -0.15) is 11.8 Å². The van der Waals surface area contributed by atoms with Crippen LogP contribution in [0, 0.1) is 0 Å². The fourth-order valence-corrected chi connectivity index (χ4v) is 2.90. The van der Waals surface area contributed by atoms with E-state index in [9.17, 15) is 5.11 Å². The smallest absolute Gasteiger partial charge is 0.0541 e. The summed E-state index contributed by atoms with van der Waals surface area (Å²) in [6.07, 6.45) is 6.43. The Morgan fingerprint density at radius 3 is 2.43 bits per heavy atom. The molecule has 0 saturated heterocycles. The molecule has 0 heterocycles. The second-order valence-electron chi connectivity index (χ2n) is 4.43. The fourth-order valence-electron chi connectivity index (χ4n) is 2.18. The molecule has 0 aliphatic heterocycles. The van der Waals surface area contributed by atoms with E-state index in [2.05, 4.69) is 25.1 Å². The second-order valence-corrected chi connectivity index (χ2v) is 5.34. The third-order valence-electron chi connectivity index (χ3n) is 3.35. The number of nitrogens with zero attached hydrogens (tertiary/aromatic N) is 1. The van der Waals surface area contributed by atoms with Gasteiger partial charge in [-0.05, 0) is 45.9 Å². The first-order valence-corrected chi connectivity index (χ1v) is 6.93. The van der Waals surface area contributed by atoms with Gasteiger partial charge >= 0.3 is 0 Å². The van der Waals surface area contributed by atoms with E-state index in [1.165, 1.54) is 5.75 Å². The lowest BCUT2D eigenvalue weighted by atomic mass is 9.92. The lowest BCUT2D eigenvalue weighted by Gasteiger charge is -2.36. The zero-order valence-electron chi connectivity index (χ0n) is 9.57. The second kappa shape index (κ2) is 5.99. The molecular weight excluding hydrogens is 194 g/mol. The van der Waals surface area contributed by atoms with Crippen molar-refractivity contribution in [2.45, 2.75) is 50.8 Å². The summed E-state index contributed by atoms with van der Waals surface area (Å²) in [7, 11) is 2.23. The zero-order valence-corrected chi connectivity index (χ0v) is 10.4. The first-order chi connectivity index (χ1) is 6.65. The van der Waals surface area contributed by atoms with E-state index in [0.29, 0.717) is 12.1 Å². The summed E-state index contributed by atoms with van der Waals surface area (Å²) in [6, 6.07) is 1.35. The molecule has 14 heavy (non-hydrogen) atoms. The van der Waals surface area contributed by atoms with Crippen LogP contribution in [-0.2, 0) is 0 Å². The molecule has 1 aliphatic carbocycles. The van der Waals surface area contributed by atoms with Gasteiger partial charge in [-0.1, -0.05) is 0 Å². The maximum atomic E-state index is 9.43. The third-order valence-corrected chi connectivity index (χ3v) is 4.16. The van der Waals surface area contributed by atoms with Gasteiger partial charge in [0, 0.05) is 17.8 Å². The maximum absolute atomic E-state index is 9.43. The molecule has 1 rings (SSSR count). The Morgan fingerprint density at radius 1 is 1.36 bits per heavy atom. The van der Waals surface area contributed by atoms with Crippen LogP contribution in [0.25, 0.3) is 0 Å². The Bertz CT molecular complexity index is 157. The molecule has 0 amide bonds. The fraction of sp³-hybridized carbons (Fsp3) is 1.00. The average molecular weight is 217 g/mol. The molecule has 1 aliphatic rings. The molecule has 0 aromatic carbocycles. The summed E-state index contributed by atoms with van der Waals surface area (Å²) >= 11 is 1.91. The highest BCUT2D eigenvalue weighted by atomic mass is 32.2. The lowest BCUT2D eigenvalue weighted by Crippen LogP contribution is -2.42. The van der Waals surface area contributed by atoms with Gasteiger partial charge in [0.1, 0.15) is 0 Å². The standard InChI is InChI=1S/C11H23NOS/c1-9(8-14-3)12(2)10-4-6-11(13)7-5-10/h9-11,13H,4-8H2,1-3H3. The van der Waals surface area contributed by atoms with Gasteiger partial charge in [0.15, 0.2) is 0 Å². The van der Waals surface area contributed by atoms with E-state index >= 15 is 0 Å². The molecule has 84 valence electrons. The monoisotopic (exact) mass is 217 g/mol. The number of aliphatic hydroxyl groups is 1.